The molecule has 198 valence electrons. The molecule has 11 nitrogen and oxygen atoms in total. The van der Waals surface area contributed by atoms with Gasteiger partial charge in [0, 0.05) is 24.4 Å². The van der Waals surface area contributed by atoms with Crippen LogP contribution in [0.5, 0.6) is 28.7 Å². The van der Waals surface area contributed by atoms with Crippen molar-refractivity contribution < 1.29 is 38.0 Å². The van der Waals surface area contributed by atoms with E-state index in [4.69, 9.17) is 28.4 Å². The average molecular weight is 522 g/mol. The summed E-state index contributed by atoms with van der Waals surface area (Å²) in [6.07, 6.45) is 0.777. The van der Waals surface area contributed by atoms with Gasteiger partial charge in [-0.1, -0.05) is 0 Å². The Hall–Kier alpha value is -4.80. The van der Waals surface area contributed by atoms with E-state index < -0.39 is 12.2 Å². The zero-order valence-corrected chi connectivity index (χ0v) is 21.8. The minimum absolute atomic E-state index is 0.159. The molecule has 0 spiro atoms. The lowest BCUT2D eigenvalue weighted by Gasteiger charge is -2.20. The summed E-state index contributed by atoms with van der Waals surface area (Å²) in [6, 6.07) is 11.4. The summed E-state index contributed by atoms with van der Waals surface area (Å²) >= 11 is 0. The zero-order valence-electron chi connectivity index (χ0n) is 21.8. The predicted molar refractivity (Wildman–Crippen MR) is 136 cm³/mol. The highest BCUT2D eigenvalue weighted by Gasteiger charge is 2.34. The maximum absolute atomic E-state index is 13.0. The van der Waals surface area contributed by atoms with Gasteiger partial charge < -0.3 is 28.4 Å². The third-order valence-electron chi connectivity index (χ3n) is 5.70. The maximum atomic E-state index is 13.0. The molecule has 2 aromatic carbocycles. The number of ether oxygens (including phenoxy) is 6. The molecule has 1 atom stereocenters. The Kier molecular flexibility index (Phi) is 7.66. The van der Waals surface area contributed by atoms with Crippen molar-refractivity contribution in [2.45, 2.75) is 20.1 Å². The SMILES string of the molecule is COc1cc([C@@H]2OC(c3ccc(C)nc3)=NN2C(C)=O)ccc1OC(=O)c1cc(OC)c(OC)c(OC)c1. The number of pyridine rings is 1. The molecule has 0 fully saturated rings. The zero-order chi connectivity index (χ0) is 27.4. The standard InChI is InChI=1S/C27H27N3O8/c1-15-7-8-18(14-28-15)25-29-30(16(2)31)26(38-25)17-9-10-20(21(11-17)33-3)37-27(32)19-12-22(34-4)24(36-6)23(13-19)35-5/h7-14,26H,1-6H3/t26-/m0/s1. The Morgan fingerprint density at radius 1 is 0.868 bits per heavy atom. The second-order valence-corrected chi connectivity index (χ2v) is 8.14. The number of methoxy groups -OCH3 is 4. The van der Waals surface area contributed by atoms with E-state index in [0.29, 0.717) is 28.4 Å². The van der Waals surface area contributed by atoms with Crippen LogP contribution in [0.4, 0.5) is 0 Å². The lowest BCUT2D eigenvalue weighted by atomic mass is 10.1. The third-order valence-corrected chi connectivity index (χ3v) is 5.70. The maximum Gasteiger partial charge on any atom is 0.343 e. The Bertz CT molecular complexity index is 1360. The predicted octanol–water partition coefficient (Wildman–Crippen LogP) is 3.88. The first kappa shape index (κ1) is 26.3. The average Bonchev–Trinajstić information content (AvgIpc) is 3.38. The lowest BCUT2D eigenvalue weighted by molar-refractivity contribution is -0.135. The van der Waals surface area contributed by atoms with Crippen molar-refractivity contribution in [3.63, 3.8) is 0 Å². The number of nitrogens with zero attached hydrogens (tertiary/aromatic N) is 3. The third kappa shape index (κ3) is 5.17. The Labute approximate surface area is 219 Å². The van der Waals surface area contributed by atoms with E-state index in [-0.39, 0.29) is 28.9 Å². The molecule has 3 aromatic rings. The lowest BCUT2D eigenvalue weighted by Crippen LogP contribution is -2.25. The van der Waals surface area contributed by atoms with Gasteiger partial charge >= 0.3 is 5.97 Å². The topological polar surface area (TPSA) is 118 Å². The molecular formula is C27H27N3O8. The van der Waals surface area contributed by atoms with Crippen LogP contribution in [0.25, 0.3) is 0 Å². The second kappa shape index (κ2) is 11.1. The van der Waals surface area contributed by atoms with Crippen molar-refractivity contribution in [1.29, 1.82) is 0 Å². The van der Waals surface area contributed by atoms with Crippen molar-refractivity contribution in [3.8, 4) is 28.7 Å². The fraction of sp³-hybridized carbons (Fsp3) is 0.259. The molecule has 11 heteroatoms. The van der Waals surface area contributed by atoms with Crippen LogP contribution in [-0.2, 0) is 9.53 Å². The van der Waals surface area contributed by atoms with Crippen molar-refractivity contribution in [2.75, 3.05) is 28.4 Å². The van der Waals surface area contributed by atoms with Gasteiger partial charge in [0.05, 0.1) is 39.6 Å². The normalized spacial score (nSPS) is 14.3. The number of hydrogen-bond donors (Lipinski definition) is 0. The number of esters is 1. The first-order chi connectivity index (χ1) is 18.3. The first-order valence-corrected chi connectivity index (χ1v) is 11.5. The minimum Gasteiger partial charge on any atom is -0.493 e. The van der Waals surface area contributed by atoms with Gasteiger partial charge in [-0.25, -0.2) is 4.79 Å². The minimum atomic E-state index is -0.849. The number of carbonyl (C=O) groups excluding carboxylic acids is 2. The van der Waals surface area contributed by atoms with Gasteiger partial charge in [-0.3, -0.25) is 9.78 Å². The molecular weight excluding hydrogens is 494 g/mol. The molecule has 1 amide bonds. The van der Waals surface area contributed by atoms with Crippen LogP contribution in [0.15, 0.2) is 53.8 Å². The highest BCUT2D eigenvalue weighted by Crippen LogP contribution is 2.39. The first-order valence-electron chi connectivity index (χ1n) is 11.5. The molecule has 38 heavy (non-hydrogen) atoms. The van der Waals surface area contributed by atoms with Gasteiger partial charge in [0.1, 0.15) is 0 Å². The Balaban J connectivity index is 1.60. The van der Waals surface area contributed by atoms with Crippen LogP contribution in [0, 0.1) is 6.92 Å². The van der Waals surface area contributed by atoms with Crippen molar-refractivity contribution >= 4 is 17.8 Å². The van der Waals surface area contributed by atoms with Gasteiger partial charge in [-0.15, -0.1) is 5.10 Å². The summed E-state index contributed by atoms with van der Waals surface area (Å²) in [5.41, 5.74) is 2.21. The van der Waals surface area contributed by atoms with Crippen LogP contribution in [0.2, 0.25) is 0 Å². The van der Waals surface area contributed by atoms with E-state index in [2.05, 4.69) is 10.1 Å². The van der Waals surface area contributed by atoms with Crippen LogP contribution >= 0.6 is 0 Å². The quantitative estimate of drug-likeness (QED) is 0.321. The highest BCUT2D eigenvalue weighted by atomic mass is 16.6. The van der Waals surface area contributed by atoms with Crippen LogP contribution < -0.4 is 23.7 Å². The van der Waals surface area contributed by atoms with E-state index >= 15 is 0 Å². The fourth-order valence-electron chi connectivity index (χ4n) is 3.77. The van der Waals surface area contributed by atoms with Crippen molar-refractivity contribution in [1.82, 2.24) is 9.99 Å². The summed E-state index contributed by atoms with van der Waals surface area (Å²) in [5, 5.41) is 5.56. The van der Waals surface area contributed by atoms with Gasteiger partial charge in [0.15, 0.2) is 23.0 Å². The van der Waals surface area contributed by atoms with E-state index in [9.17, 15) is 9.59 Å². The fourth-order valence-corrected chi connectivity index (χ4v) is 3.77. The number of carbonyl (C=O) groups is 2. The smallest absolute Gasteiger partial charge is 0.343 e. The summed E-state index contributed by atoms with van der Waals surface area (Å²) in [4.78, 5) is 29.6. The monoisotopic (exact) mass is 521 g/mol. The van der Waals surface area contributed by atoms with E-state index in [1.54, 1.807) is 24.4 Å². The number of aryl methyl sites for hydroxylation is 1. The highest BCUT2D eigenvalue weighted by molar-refractivity contribution is 5.96. The molecule has 0 unspecified atom stereocenters. The molecule has 1 aromatic heterocycles. The van der Waals surface area contributed by atoms with Gasteiger partial charge in [0.2, 0.25) is 23.8 Å². The molecule has 0 N–H and O–H groups in total. The molecule has 1 aliphatic rings. The van der Waals surface area contributed by atoms with Crippen LogP contribution in [-0.4, -0.2) is 56.2 Å². The van der Waals surface area contributed by atoms with E-state index in [1.165, 1.54) is 52.5 Å². The van der Waals surface area contributed by atoms with Gasteiger partial charge in [0.25, 0.3) is 0 Å². The number of rotatable bonds is 8. The summed E-state index contributed by atoms with van der Waals surface area (Å²) < 4.78 is 33.0. The number of benzene rings is 2. The Morgan fingerprint density at radius 3 is 2.11 bits per heavy atom. The Morgan fingerprint density at radius 2 is 1.55 bits per heavy atom. The van der Waals surface area contributed by atoms with Gasteiger partial charge in [-0.2, -0.15) is 5.01 Å². The van der Waals surface area contributed by atoms with E-state index in [1.807, 2.05) is 19.1 Å². The molecule has 2 heterocycles. The molecule has 0 saturated carbocycles. The molecule has 0 aliphatic carbocycles. The van der Waals surface area contributed by atoms with Crippen molar-refractivity contribution in [2.24, 2.45) is 5.10 Å². The van der Waals surface area contributed by atoms with Crippen LogP contribution in [0.1, 0.15) is 40.3 Å². The molecule has 0 bridgehead atoms. The number of hydrogen-bond acceptors (Lipinski definition) is 10. The summed E-state index contributed by atoms with van der Waals surface area (Å²) in [7, 11) is 5.81. The van der Waals surface area contributed by atoms with Crippen molar-refractivity contribution in [3.05, 3.63) is 71.0 Å². The molecule has 4 rings (SSSR count). The molecule has 0 saturated heterocycles. The largest absolute Gasteiger partial charge is 0.493 e. The number of hydrazone groups is 1. The van der Waals surface area contributed by atoms with Gasteiger partial charge in [-0.05, 0) is 49.4 Å². The van der Waals surface area contributed by atoms with Crippen LogP contribution in [0.3, 0.4) is 0 Å². The summed E-state index contributed by atoms with van der Waals surface area (Å²) in [5.74, 6) is 0.647. The molecule has 0 radical (unpaired) electrons. The number of aromatic nitrogens is 1. The van der Waals surface area contributed by atoms with E-state index in [0.717, 1.165) is 5.69 Å². The molecule has 1 aliphatic heterocycles. The number of amides is 1. The second-order valence-electron chi connectivity index (χ2n) is 8.14. The summed E-state index contributed by atoms with van der Waals surface area (Å²) in [6.45, 7) is 3.26.